The van der Waals surface area contributed by atoms with Gasteiger partial charge in [0.1, 0.15) is 17.0 Å². The standard InChI is InChI=1S/C23H27FN6OS/c24-16-3-6-30(12-16)21-2-1-15(10-25-21)23-28-22-20(32-23)9-19(11-26-22)29-7-4-17(5-8-29)27-18-13-31-14-18/h1-2,9-11,16-18,27H,3-8,12-14H2. The first-order valence-electron chi connectivity index (χ1n) is 11.4. The summed E-state index contributed by atoms with van der Waals surface area (Å²) < 4.78 is 19.8. The maximum atomic E-state index is 13.5. The Morgan fingerprint density at radius 2 is 1.84 bits per heavy atom. The number of hydrogen-bond donors (Lipinski definition) is 1. The topological polar surface area (TPSA) is 66.4 Å². The number of rotatable bonds is 5. The summed E-state index contributed by atoms with van der Waals surface area (Å²) in [6.07, 6.45) is 5.90. The van der Waals surface area contributed by atoms with Gasteiger partial charge in [-0.3, -0.25) is 0 Å². The Bertz CT molecular complexity index is 1080. The number of alkyl halides is 1. The average molecular weight is 455 g/mol. The molecule has 9 heteroatoms. The van der Waals surface area contributed by atoms with Gasteiger partial charge < -0.3 is 19.9 Å². The Morgan fingerprint density at radius 3 is 2.53 bits per heavy atom. The van der Waals surface area contributed by atoms with Gasteiger partial charge in [0.25, 0.3) is 0 Å². The summed E-state index contributed by atoms with van der Waals surface area (Å²) in [7, 11) is 0. The first-order chi connectivity index (χ1) is 15.7. The van der Waals surface area contributed by atoms with Crippen molar-refractivity contribution in [2.24, 2.45) is 0 Å². The molecule has 0 saturated carbocycles. The molecule has 1 atom stereocenters. The zero-order valence-electron chi connectivity index (χ0n) is 17.9. The summed E-state index contributed by atoms with van der Waals surface area (Å²) in [6, 6.07) is 7.33. The minimum absolute atomic E-state index is 0.433. The highest BCUT2D eigenvalue weighted by atomic mass is 32.1. The number of nitrogens with one attached hydrogen (secondary N) is 1. The number of pyridine rings is 2. The fraction of sp³-hybridized carbons (Fsp3) is 0.522. The third-order valence-corrected chi connectivity index (χ3v) is 7.69. The first kappa shape index (κ1) is 20.3. The quantitative estimate of drug-likeness (QED) is 0.635. The highest BCUT2D eigenvalue weighted by Gasteiger charge is 2.26. The third-order valence-electron chi connectivity index (χ3n) is 6.65. The molecule has 1 N–H and O–H groups in total. The predicted molar refractivity (Wildman–Crippen MR) is 125 cm³/mol. The number of anilines is 2. The first-order valence-corrected chi connectivity index (χ1v) is 12.2. The van der Waals surface area contributed by atoms with Crippen molar-refractivity contribution in [3.8, 4) is 10.6 Å². The Hall–Kier alpha value is -2.36. The number of fused-ring (bicyclic) bond motifs is 1. The van der Waals surface area contributed by atoms with Crippen molar-refractivity contribution in [3.05, 3.63) is 30.6 Å². The zero-order valence-corrected chi connectivity index (χ0v) is 18.7. The van der Waals surface area contributed by atoms with Crippen molar-refractivity contribution in [1.29, 1.82) is 0 Å². The number of halogens is 1. The molecule has 1 unspecified atom stereocenters. The molecule has 0 bridgehead atoms. The van der Waals surface area contributed by atoms with Crippen LogP contribution in [-0.2, 0) is 4.74 Å². The van der Waals surface area contributed by atoms with Crippen LogP contribution in [0.25, 0.3) is 20.9 Å². The van der Waals surface area contributed by atoms with Crippen molar-refractivity contribution in [2.75, 3.05) is 49.2 Å². The van der Waals surface area contributed by atoms with E-state index in [2.05, 4.69) is 26.3 Å². The third kappa shape index (κ3) is 4.04. The molecule has 32 heavy (non-hydrogen) atoms. The van der Waals surface area contributed by atoms with Gasteiger partial charge in [0.05, 0.1) is 42.4 Å². The van der Waals surface area contributed by atoms with E-state index in [-0.39, 0.29) is 0 Å². The molecular formula is C23H27FN6OS. The fourth-order valence-corrected chi connectivity index (χ4v) is 5.65. The summed E-state index contributed by atoms with van der Waals surface area (Å²) in [6.45, 7) is 4.93. The van der Waals surface area contributed by atoms with Gasteiger partial charge in [-0.15, -0.1) is 11.3 Å². The van der Waals surface area contributed by atoms with E-state index in [1.54, 1.807) is 11.3 Å². The van der Waals surface area contributed by atoms with E-state index in [4.69, 9.17) is 9.72 Å². The average Bonchev–Trinajstić information content (AvgIpc) is 3.42. The van der Waals surface area contributed by atoms with Gasteiger partial charge in [0, 0.05) is 37.4 Å². The van der Waals surface area contributed by atoms with Crippen LogP contribution < -0.4 is 15.1 Å². The smallest absolute Gasteiger partial charge is 0.171 e. The van der Waals surface area contributed by atoms with Crippen molar-refractivity contribution < 1.29 is 9.13 Å². The molecule has 0 amide bonds. The van der Waals surface area contributed by atoms with Crippen LogP contribution in [0.15, 0.2) is 30.6 Å². The monoisotopic (exact) mass is 454 g/mol. The number of thiazole rings is 1. The Labute approximate surface area is 190 Å². The highest BCUT2D eigenvalue weighted by molar-refractivity contribution is 7.21. The lowest BCUT2D eigenvalue weighted by atomic mass is 10.0. The van der Waals surface area contributed by atoms with Crippen LogP contribution in [0.4, 0.5) is 15.9 Å². The van der Waals surface area contributed by atoms with Crippen molar-refractivity contribution in [2.45, 2.75) is 37.5 Å². The lowest BCUT2D eigenvalue weighted by Crippen LogP contribution is -2.53. The lowest BCUT2D eigenvalue weighted by molar-refractivity contribution is -0.0111. The van der Waals surface area contributed by atoms with Crippen LogP contribution in [0.3, 0.4) is 0 Å². The van der Waals surface area contributed by atoms with E-state index in [1.165, 1.54) is 5.69 Å². The molecule has 3 aromatic heterocycles. The minimum Gasteiger partial charge on any atom is -0.378 e. The normalized spacial score (nSPS) is 22.6. The van der Waals surface area contributed by atoms with Crippen LogP contribution >= 0.6 is 11.3 Å². The van der Waals surface area contributed by atoms with Gasteiger partial charge in [-0.05, 0) is 37.5 Å². The van der Waals surface area contributed by atoms with Gasteiger partial charge in [-0.25, -0.2) is 19.3 Å². The molecule has 3 saturated heterocycles. The number of aromatic nitrogens is 3. The molecule has 0 aliphatic carbocycles. The second-order valence-corrected chi connectivity index (χ2v) is 9.96. The maximum absolute atomic E-state index is 13.5. The van der Waals surface area contributed by atoms with Crippen molar-refractivity contribution in [3.63, 3.8) is 0 Å². The van der Waals surface area contributed by atoms with Gasteiger partial charge in [0.15, 0.2) is 5.65 Å². The van der Waals surface area contributed by atoms with Crippen molar-refractivity contribution in [1.82, 2.24) is 20.3 Å². The van der Waals surface area contributed by atoms with E-state index in [0.29, 0.717) is 25.0 Å². The highest BCUT2D eigenvalue weighted by Crippen LogP contribution is 2.32. The molecule has 3 aliphatic heterocycles. The molecule has 0 radical (unpaired) electrons. The van der Waals surface area contributed by atoms with Crippen LogP contribution in [0.5, 0.6) is 0 Å². The Kier molecular flexibility index (Phi) is 5.40. The number of hydrogen-bond acceptors (Lipinski definition) is 8. The molecule has 6 heterocycles. The Morgan fingerprint density at radius 1 is 1.00 bits per heavy atom. The molecule has 168 valence electrons. The molecule has 3 aromatic rings. The predicted octanol–water partition coefficient (Wildman–Crippen LogP) is 3.26. The second kappa shape index (κ2) is 8.53. The van der Waals surface area contributed by atoms with E-state index in [1.807, 2.05) is 29.4 Å². The zero-order chi connectivity index (χ0) is 21.5. The SMILES string of the molecule is FC1CCN(c2ccc(-c3nc4ncc(N5CCC(NC6COC6)CC5)cc4s3)cn2)C1. The van der Waals surface area contributed by atoms with E-state index < -0.39 is 6.17 Å². The summed E-state index contributed by atoms with van der Waals surface area (Å²) in [5.74, 6) is 0.832. The number of ether oxygens (including phenoxy) is 1. The molecule has 0 spiro atoms. The summed E-state index contributed by atoms with van der Waals surface area (Å²) in [4.78, 5) is 18.3. The summed E-state index contributed by atoms with van der Waals surface area (Å²) in [5, 5.41) is 4.62. The second-order valence-electron chi connectivity index (χ2n) is 8.93. The van der Waals surface area contributed by atoms with Crippen LogP contribution in [0.2, 0.25) is 0 Å². The molecule has 3 aliphatic rings. The molecule has 6 rings (SSSR count). The lowest BCUT2D eigenvalue weighted by Gasteiger charge is -2.37. The van der Waals surface area contributed by atoms with Gasteiger partial charge >= 0.3 is 0 Å². The minimum atomic E-state index is -0.750. The Balaban J connectivity index is 1.14. The molecule has 7 nitrogen and oxygen atoms in total. The van der Waals surface area contributed by atoms with Crippen LogP contribution in [-0.4, -0.2) is 72.6 Å². The van der Waals surface area contributed by atoms with Gasteiger partial charge in [-0.1, -0.05) is 0 Å². The van der Waals surface area contributed by atoms with Crippen LogP contribution in [0.1, 0.15) is 19.3 Å². The fourth-order valence-electron chi connectivity index (χ4n) is 4.70. The maximum Gasteiger partial charge on any atom is 0.171 e. The van der Waals surface area contributed by atoms with E-state index >= 15 is 0 Å². The summed E-state index contributed by atoms with van der Waals surface area (Å²) in [5.41, 5.74) is 2.92. The van der Waals surface area contributed by atoms with E-state index in [9.17, 15) is 4.39 Å². The number of piperidine rings is 1. The summed E-state index contributed by atoms with van der Waals surface area (Å²) >= 11 is 1.65. The van der Waals surface area contributed by atoms with E-state index in [0.717, 1.165) is 72.4 Å². The molecular weight excluding hydrogens is 427 g/mol. The molecule has 0 aromatic carbocycles. The van der Waals surface area contributed by atoms with Gasteiger partial charge in [0.2, 0.25) is 0 Å². The largest absolute Gasteiger partial charge is 0.378 e. The number of nitrogens with zero attached hydrogens (tertiary/aromatic N) is 5. The van der Waals surface area contributed by atoms with Crippen molar-refractivity contribution >= 4 is 33.2 Å². The van der Waals surface area contributed by atoms with Gasteiger partial charge in [-0.2, -0.15) is 0 Å². The molecule has 3 fully saturated rings. The van der Waals surface area contributed by atoms with Crippen LogP contribution in [0, 0.1) is 0 Å².